The molecule has 0 aliphatic rings. The second kappa shape index (κ2) is 10.8. The van der Waals surface area contributed by atoms with Gasteiger partial charge in [0.15, 0.2) is 0 Å². The number of amides is 3. The molecule has 9 nitrogen and oxygen atoms in total. The van der Waals surface area contributed by atoms with Gasteiger partial charge in [0, 0.05) is 37.0 Å². The molecule has 2 aromatic carbocycles. The van der Waals surface area contributed by atoms with Crippen LogP contribution in [-0.4, -0.2) is 30.0 Å². The second-order valence-electron chi connectivity index (χ2n) is 6.41. The highest BCUT2D eigenvalue weighted by molar-refractivity contribution is 5.92. The summed E-state index contributed by atoms with van der Waals surface area (Å²) in [6.07, 6.45) is -3.27. The quantitative estimate of drug-likeness (QED) is 0.256. The van der Waals surface area contributed by atoms with E-state index < -0.39 is 34.3 Å². The molecule has 0 spiro atoms. The molecular weight excluding hydrogens is 431 g/mol. The molecule has 0 unspecified atom stereocenters. The van der Waals surface area contributed by atoms with Crippen LogP contribution < -0.4 is 21.3 Å². The molecule has 4 N–H and O–H groups in total. The number of halogens is 3. The van der Waals surface area contributed by atoms with Gasteiger partial charge in [-0.05, 0) is 36.4 Å². The molecule has 2 rings (SSSR count). The average molecular weight is 451 g/mol. The number of nitrogens with zero attached hydrogens (tertiary/aromatic N) is 1. The minimum atomic E-state index is -4.70. The van der Waals surface area contributed by atoms with Crippen molar-refractivity contribution in [3.63, 3.8) is 0 Å². The second-order valence-corrected chi connectivity index (χ2v) is 6.41. The number of urea groups is 1. The zero-order valence-corrected chi connectivity index (χ0v) is 16.7. The molecule has 32 heavy (non-hydrogen) atoms. The van der Waals surface area contributed by atoms with Crippen molar-refractivity contribution in [2.24, 2.45) is 0 Å². The van der Waals surface area contributed by atoms with E-state index in [0.29, 0.717) is 24.0 Å². The van der Waals surface area contributed by atoms with E-state index in [4.69, 9.17) is 0 Å². The molecule has 0 radical (unpaired) electrons. The summed E-state index contributed by atoms with van der Waals surface area (Å²) in [5.74, 6) is -0.420. The molecule has 0 atom stereocenters. The third kappa shape index (κ3) is 7.31. The summed E-state index contributed by atoms with van der Waals surface area (Å²) in [5.41, 5.74) is -1.04. The van der Waals surface area contributed by atoms with Crippen LogP contribution in [0.2, 0.25) is 0 Å². The molecule has 0 saturated carbocycles. The third-order valence-corrected chi connectivity index (χ3v) is 4.02. The van der Waals surface area contributed by atoms with Crippen LogP contribution in [0.3, 0.4) is 0 Å². The lowest BCUT2D eigenvalue weighted by atomic mass is 10.1. The Balaban J connectivity index is 1.88. The number of carbonyl (C=O) groups excluding carboxylic acids is 2. The van der Waals surface area contributed by atoms with E-state index >= 15 is 0 Å². The zero-order valence-electron chi connectivity index (χ0n) is 16.7. The van der Waals surface area contributed by atoms with Crippen LogP contribution in [0.5, 0.6) is 0 Å². The predicted octanol–water partition coefficient (Wildman–Crippen LogP) is 4.36. The Bertz CT molecular complexity index is 994. The number of anilines is 3. The summed E-state index contributed by atoms with van der Waals surface area (Å²) in [4.78, 5) is 33.8. The first kappa shape index (κ1) is 24.2. The van der Waals surface area contributed by atoms with Gasteiger partial charge >= 0.3 is 12.2 Å². The molecule has 0 aliphatic heterocycles. The summed E-state index contributed by atoms with van der Waals surface area (Å²) in [6, 6.07) is 7.99. The van der Waals surface area contributed by atoms with E-state index in [0.717, 1.165) is 12.1 Å². The van der Waals surface area contributed by atoms with Crippen molar-refractivity contribution < 1.29 is 27.7 Å². The average Bonchev–Trinajstić information content (AvgIpc) is 2.73. The fraction of sp³-hybridized carbons (Fsp3) is 0.200. The van der Waals surface area contributed by atoms with Gasteiger partial charge in [0.2, 0.25) is 5.91 Å². The van der Waals surface area contributed by atoms with Gasteiger partial charge < -0.3 is 21.3 Å². The van der Waals surface area contributed by atoms with Gasteiger partial charge in [-0.1, -0.05) is 6.08 Å². The van der Waals surface area contributed by atoms with Gasteiger partial charge in [0.1, 0.15) is 5.69 Å². The van der Waals surface area contributed by atoms with E-state index in [1.165, 1.54) is 6.08 Å². The van der Waals surface area contributed by atoms with Crippen molar-refractivity contribution in [2.45, 2.75) is 12.6 Å². The summed E-state index contributed by atoms with van der Waals surface area (Å²) >= 11 is 0. The Morgan fingerprint density at radius 1 is 1.06 bits per heavy atom. The zero-order chi connectivity index (χ0) is 23.7. The summed E-state index contributed by atoms with van der Waals surface area (Å²) < 4.78 is 38.2. The minimum absolute atomic E-state index is 0.0405. The normalized spacial score (nSPS) is 10.7. The monoisotopic (exact) mass is 451 g/mol. The van der Waals surface area contributed by atoms with Crippen LogP contribution in [0.25, 0.3) is 0 Å². The van der Waals surface area contributed by atoms with Gasteiger partial charge in [-0.3, -0.25) is 14.9 Å². The van der Waals surface area contributed by atoms with Gasteiger partial charge in [-0.15, -0.1) is 6.58 Å². The molecule has 0 heterocycles. The molecular formula is C20H20F3N5O4. The highest BCUT2D eigenvalue weighted by Gasteiger charge is 2.33. The SMILES string of the molecule is C=CCNC(=O)Nc1ccc(NC(=O)CCNc2ccc(C(F)(F)F)cc2[N+](=O)[O-])cc1. The van der Waals surface area contributed by atoms with E-state index in [2.05, 4.69) is 27.8 Å². The standard InChI is InChI=1S/C20H20F3N5O4/c1-2-10-25-19(30)27-15-6-4-14(5-7-15)26-18(29)9-11-24-16-8-3-13(20(21,22)23)12-17(16)28(31)32/h2-8,12,24H,1,9-11H2,(H,26,29)(H2,25,27,30). The summed E-state index contributed by atoms with van der Waals surface area (Å²) in [7, 11) is 0. The lowest BCUT2D eigenvalue weighted by molar-refractivity contribution is -0.384. The van der Waals surface area contributed by atoms with Crippen LogP contribution in [-0.2, 0) is 11.0 Å². The highest BCUT2D eigenvalue weighted by atomic mass is 19.4. The first-order valence-electron chi connectivity index (χ1n) is 9.25. The Hall–Kier alpha value is -4.09. The van der Waals surface area contributed by atoms with Crippen LogP contribution >= 0.6 is 0 Å². The van der Waals surface area contributed by atoms with Crippen molar-refractivity contribution in [3.05, 3.63) is 70.8 Å². The molecule has 0 bridgehead atoms. The molecule has 0 fully saturated rings. The van der Waals surface area contributed by atoms with Gasteiger partial charge in [-0.25, -0.2) is 4.79 Å². The van der Waals surface area contributed by atoms with E-state index in [1.807, 2.05) is 0 Å². The lowest BCUT2D eigenvalue weighted by Gasteiger charge is -2.11. The van der Waals surface area contributed by atoms with E-state index in [-0.39, 0.29) is 18.7 Å². The Morgan fingerprint density at radius 3 is 2.25 bits per heavy atom. The van der Waals surface area contributed by atoms with Gasteiger partial charge in [-0.2, -0.15) is 13.2 Å². The molecule has 12 heteroatoms. The highest BCUT2D eigenvalue weighted by Crippen LogP contribution is 2.34. The number of alkyl halides is 3. The number of nitrogens with one attached hydrogen (secondary N) is 4. The van der Waals surface area contributed by atoms with Crippen LogP contribution in [0.4, 0.5) is 40.7 Å². The summed E-state index contributed by atoms with van der Waals surface area (Å²) in [5, 5.41) is 21.4. The first-order chi connectivity index (χ1) is 15.1. The van der Waals surface area contributed by atoms with Crippen molar-refractivity contribution in [3.8, 4) is 0 Å². The lowest BCUT2D eigenvalue weighted by Crippen LogP contribution is -2.28. The number of rotatable bonds is 9. The molecule has 2 aromatic rings. The Morgan fingerprint density at radius 2 is 1.69 bits per heavy atom. The molecule has 0 aliphatic carbocycles. The van der Waals surface area contributed by atoms with Crippen molar-refractivity contribution in [1.29, 1.82) is 0 Å². The number of benzene rings is 2. The molecule has 3 amide bonds. The van der Waals surface area contributed by atoms with E-state index in [9.17, 15) is 32.9 Å². The van der Waals surface area contributed by atoms with Crippen molar-refractivity contribution >= 4 is 34.7 Å². The van der Waals surface area contributed by atoms with Gasteiger partial charge in [0.25, 0.3) is 5.69 Å². The molecule has 0 saturated heterocycles. The predicted molar refractivity (Wildman–Crippen MR) is 113 cm³/mol. The fourth-order valence-electron chi connectivity index (χ4n) is 2.52. The smallest absolute Gasteiger partial charge is 0.379 e. The van der Waals surface area contributed by atoms with Crippen LogP contribution in [0, 0.1) is 10.1 Å². The summed E-state index contributed by atoms with van der Waals surface area (Å²) in [6.45, 7) is 3.75. The van der Waals surface area contributed by atoms with Crippen LogP contribution in [0.15, 0.2) is 55.1 Å². The van der Waals surface area contributed by atoms with E-state index in [1.54, 1.807) is 24.3 Å². The minimum Gasteiger partial charge on any atom is -0.379 e. The Labute approximate surface area is 180 Å². The molecule has 0 aromatic heterocycles. The maximum atomic E-state index is 12.7. The number of hydrogen-bond acceptors (Lipinski definition) is 5. The number of nitro groups is 1. The number of hydrogen-bond donors (Lipinski definition) is 4. The Kier molecular flexibility index (Phi) is 8.16. The fourth-order valence-corrected chi connectivity index (χ4v) is 2.52. The number of nitro benzene ring substituents is 1. The topological polar surface area (TPSA) is 125 Å². The maximum Gasteiger partial charge on any atom is 0.416 e. The van der Waals surface area contributed by atoms with Crippen LogP contribution in [0.1, 0.15) is 12.0 Å². The number of carbonyl (C=O) groups is 2. The van der Waals surface area contributed by atoms with Gasteiger partial charge in [0.05, 0.1) is 10.5 Å². The largest absolute Gasteiger partial charge is 0.416 e. The molecule has 170 valence electrons. The van der Waals surface area contributed by atoms with Crippen molar-refractivity contribution in [1.82, 2.24) is 5.32 Å². The first-order valence-corrected chi connectivity index (χ1v) is 9.25. The van der Waals surface area contributed by atoms with Crippen molar-refractivity contribution in [2.75, 3.05) is 29.0 Å². The third-order valence-electron chi connectivity index (χ3n) is 4.02. The maximum absolute atomic E-state index is 12.7.